The molecule has 142 valence electrons. The quantitative estimate of drug-likeness (QED) is 0.544. The molecule has 25 heavy (non-hydrogen) atoms. The monoisotopic (exact) mass is 394 g/mol. The van der Waals surface area contributed by atoms with Gasteiger partial charge in [-0.15, -0.1) is 0 Å². The van der Waals surface area contributed by atoms with Gasteiger partial charge in [-0.3, -0.25) is 0 Å². The van der Waals surface area contributed by atoms with Crippen LogP contribution in [0.5, 0.6) is 11.5 Å². The molecule has 0 atom stereocenters. The predicted octanol–water partition coefficient (Wildman–Crippen LogP) is 3.82. The zero-order valence-electron chi connectivity index (χ0n) is 12.6. The summed E-state index contributed by atoms with van der Waals surface area (Å²) in [6, 6.07) is 3.06. The number of rotatable bonds is 7. The van der Waals surface area contributed by atoms with Crippen molar-refractivity contribution in [3.8, 4) is 11.5 Å². The molecule has 0 amide bonds. The van der Waals surface area contributed by atoms with E-state index in [0.29, 0.717) is 0 Å². The van der Waals surface area contributed by atoms with E-state index in [4.69, 9.17) is 12.2 Å². The predicted molar refractivity (Wildman–Crippen MR) is 79.7 cm³/mol. The largest absolute Gasteiger partial charge is 0.487 e. The average Bonchev–Trinajstić information content (AvgIpc) is 2.50. The van der Waals surface area contributed by atoms with Crippen LogP contribution in [0.15, 0.2) is 18.2 Å². The number of nitrogens with one attached hydrogen (secondary N) is 2. The Morgan fingerprint density at radius 2 is 1.56 bits per heavy atom. The highest BCUT2D eigenvalue weighted by molar-refractivity contribution is 7.80. The van der Waals surface area contributed by atoms with Crippen molar-refractivity contribution < 1.29 is 40.2 Å². The molecular weight excluding hydrogens is 381 g/mol. The molecule has 0 spiro atoms. The van der Waals surface area contributed by atoms with Crippen molar-refractivity contribution in [2.24, 2.45) is 0 Å². The van der Waals surface area contributed by atoms with Crippen LogP contribution < -0.4 is 20.1 Å². The number of halogens is 7. The average molecular weight is 394 g/mol. The lowest BCUT2D eigenvalue weighted by atomic mass is 10.2. The fourth-order valence-electron chi connectivity index (χ4n) is 1.41. The molecule has 0 aliphatic heterocycles. The van der Waals surface area contributed by atoms with Crippen molar-refractivity contribution in [3.05, 3.63) is 18.2 Å². The van der Waals surface area contributed by atoms with Gasteiger partial charge in [0.1, 0.15) is 11.5 Å². The second kappa shape index (κ2) is 8.41. The minimum Gasteiger partial charge on any atom is -0.487 e. The second-order valence-corrected chi connectivity index (χ2v) is 5.06. The van der Waals surface area contributed by atoms with Crippen molar-refractivity contribution >= 4 is 23.0 Å². The Bertz CT molecular complexity index is 596. The molecule has 0 aromatic heterocycles. The Morgan fingerprint density at radius 3 is 2.00 bits per heavy atom. The van der Waals surface area contributed by atoms with Gasteiger partial charge in [-0.05, 0) is 12.2 Å². The second-order valence-electron chi connectivity index (χ2n) is 4.65. The van der Waals surface area contributed by atoms with Gasteiger partial charge >= 0.3 is 18.5 Å². The SMILES string of the molecule is CNC(=S)Nc1cc(OCC(F)(F)F)cc(OCC(F)(F)C(F)F)c1. The van der Waals surface area contributed by atoms with E-state index in [2.05, 4.69) is 20.1 Å². The number of thiocarbonyl (C=S) groups is 1. The van der Waals surface area contributed by atoms with Crippen LogP contribution >= 0.6 is 12.2 Å². The van der Waals surface area contributed by atoms with E-state index in [1.165, 1.54) is 7.05 Å². The third-order valence-electron chi connectivity index (χ3n) is 2.52. The van der Waals surface area contributed by atoms with Gasteiger partial charge in [0, 0.05) is 30.9 Å². The number of hydrogen-bond acceptors (Lipinski definition) is 3. The summed E-state index contributed by atoms with van der Waals surface area (Å²) in [4.78, 5) is 0. The van der Waals surface area contributed by atoms with E-state index in [1.807, 2.05) is 0 Å². The third kappa shape index (κ3) is 7.63. The summed E-state index contributed by atoms with van der Waals surface area (Å²) in [6.07, 6.45) is -8.58. The Kier molecular flexibility index (Phi) is 7.08. The fraction of sp³-hybridized carbons (Fsp3) is 0.462. The molecule has 1 aromatic rings. The minimum absolute atomic E-state index is 0.0504. The molecule has 1 rings (SSSR count). The van der Waals surface area contributed by atoms with Crippen LogP contribution in [-0.2, 0) is 0 Å². The lowest BCUT2D eigenvalue weighted by Gasteiger charge is -2.18. The van der Waals surface area contributed by atoms with Crippen molar-refractivity contribution in [1.29, 1.82) is 0 Å². The lowest BCUT2D eigenvalue weighted by molar-refractivity contribution is -0.153. The van der Waals surface area contributed by atoms with E-state index < -0.39 is 37.5 Å². The molecule has 0 unspecified atom stereocenters. The molecule has 0 saturated carbocycles. The molecular formula is C13H13F7N2O2S. The standard InChI is InChI=1S/C13H13F7N2O2S/c1-21-11(25)22-7-2-8(23-5-12(16,17)10(14)15)4-9(3-7)24-6-13(18,19)20/h2-4,10H,5-6H2,1H3,(H2,21,22,25). The zero-order valence-corrected chi connectivity index (χ0v) is 13.4. The number of benzene rings is 1. The van der Waals surface area contributed by atoms with Crippen LogP contribution in [0.25, 0.3) is 0 Å². The molecule has 0 radical (unpaired) electrons. The zero-order chi connectivity index (χ0) is 19.3. The molecule has 0 aliphatic rings. The third-order valence-corrected chi connectivity index (χ3v) is 2.82. The first-order chi connectivity index (χ1) is 11.4. The highest BCUT2D eigenvalue weighted by Gasteiger charge is 2.41. The molecule has 0 bridgehead atoms. The molecule has 12 heteroatoms. The van der Waals surface area contributed by atoms with Crippen LogP contribution in [0.1, 0.15) is 0 Å². The summed E-state index contributed by atoms with van der Waals surface area (Å²) < 4.78 is 95.8. The normalized spacial score (nSPS) is 12.0. The molecule has 0 aliphatic carbocycles. The number of anilines is 1. The van der Waals surface area contributed by atoms with Gasteiger partial charge in [-0.2, -0.15) is 22.0 Å². The van der Waals surface area contributed by atoms with E-state index in [-0.39, 0.29) is 16.5 Å². The number of hydrogen-bond donors (Lipinski definition) is 2. The Hall–Kier alpha value is -1.98. The molecule has 0 saturated heterocycles. The first-order valence-corrected chi connectivity index (χ1v) is 6.96. The van der Waals surface area contributed by atoms with E-state index in [0.717, 1.165) is 18.2 Å². The Morgan fingerprint density at radius 1 is 1.04 bits per heavy atom. The van der Waals surface area contributed by atoms with Crippen molar-refractivity contribution in [2.75, 3.05) is 25.6 Å². The van der Waals surface area contributed by atoms with Crippen LogP contribution in [-0.4, -0.2) is 43.9 Å². The molecule has 4 nitrogen and oxygen atoms in total. The van der Waals surface area contributed by atoms with Gasteiger partial charge in [-0.25, -0.2) is 8.78 Å². The van der Waals surface area contributed by atoms with Gasteiger partial charge in [0.25, 0.3) is 0 Å². The summed E-state index contributed by atoms with van der Waals surface area (Å²) in [6.45, 7) is -3.30. The molecule has 0 heterocycles. The maximum Gasteiger partial charge on any atom is 0.422 e. The van der Waals surface area contributed by atoms with Crippen molar-refractivity contribution in [3.63, 3.8) is 0 Å². The van der Waals surface area contributed by atoms with Crippen LogP contribution in [0.4, 0.5) is 36.4 Å². The summed E-state index contributed by atoms with van der Waals surface area (Å²) in [5.74, 6) is -5.20. The molecule has 1 aromatic carbocycles. The highest BCUT2D eigenvalue weighted by Crippen LogP contribution is 2.30. The van der Waals surface area contributed by atoms with Crippen LogP contribution in [0.2, 0.25) is 0 Å². The van der Waals surface area contributed by atoms with E-state index >= 15 is 0 Å². The van der Waals surface area contributed by atoms with Crippen molar-refractivity contribution in [2.45, 2.75) is 18.5 Å². The van der Waals surface area contributed by atoms with Gasteiger partial charge in [-0.1, -0.05) is 0 Å². The number of alkyl halides is 7. The Labute approximate surface area is 143 Å². The van der Waals surface area contributed by atoms with E-state index in [9.17, 15) is 30.7 Å². The maximum atomic E-state index is 12.9. The topological polar surface area (TPSA) is 42.5 Å². The highest BCUT2D eigenvalue weighted by atomic mass is 32.1. The smallest absolute Gasteiger partial charge is 0.422 e. The minimum atomic E-state index is -4.63. The summed E-state index contributed by atoms with van der Waals surface area (Å²) >= 11 is 4.80. The first kappa shape index (κ1) is 21.1. The number of ether oxygens (including phenoxy) is 2. The maximum absolute atomic E-state index is 12.9. The van der Waals surface area contributed by atoms with Gasteiger partial charge < -0.3 is 20.1 Å². The summed E-state index contributed by atoms with van der Waals surface area (Å²) in [7, 11) is 1.46. The van der Waals surface area contributed by atoms with E-state index in [1.54, 1.807) is 0 Å². The van der Waals surface area contributed by atoms with Crippen LogP contribution in [0, 0.1) is 0 Å². The molecule has 2 N–H and O–H groups in total. The van der Waals surface area contributed by atoms with Crippen molar-refractivity contribution in [1.82, 2.24) is 5.32 Å². The van der Waals surface area contributed by atoms with Gasteiger partial charge in [0.15, 0.2) is 18.3 Å². The lowest BCUT2D eigenvalue weighted by Crippen LogP contribution is -2.33. The van der Waals surface area contributed by atoms with Gasteiger partial charge in [0.05, 0.1) is 0 Å². The van der Waals surface area contributed by atoms with Gasteiger partial charge in [0.2, 0.25) is 0 Å². The summed E-state index contributed by atoms with van der Waals surface area (Å²) in [5, 5.41) is 5.12. The Balaban J connectivity index is 2.97. The van der Waals surface area contributed by atoms with Crippen LogP contribution in [0.3, 0.4) is 0 Å². The fourth-order valence-corrected chi connectivity index (χ4v) is 1.53. The summed E-state index contributed by atoms with van der Waals surface area (Å²) in [5.41, 5.74) is 0.0504. The first-order valence-electron chi connectivity index (χ1n) is 6.55. The molecule has 0 fully saturated rings.